The summed E-state index contributed by atoms with van der Waals surface area (Å²) in [6.45, 7) is 2.18. The number of ether oxygens (including phenoxy) is 2. The van der Waals surface area contributed by atoms with E-state index in [0.29, 0.717) is 5.92 Å². The molecule has 2 unspecified atom stereocenters. The largest absolute Gasteiger partial charge is 0.497 e. The van der Waals surface area contributed by atoms with Gasteiger partial charge in [0.1, 0.15) is 11.5 Å². The second-order valence-corrected chi connectivity index (χ2v) is 4.79. The fourth-order valence-electron chi connectivity index (χ4n) is 2.52. The minimum Gasteiger partial charge on any atom is -0.497 e. The Morgan fingerprint density at radius 2 is 2.00 bits per heavy atom. The number of hydrogen-bond acceptors (Lipinski definition) is 3. The molecule has 3 nitrogen and oxygen atoms in total. The number of aliphatic hydroxyl groups excluding tert-OH is 1. The number of fused-ring (bicyclic) bond motifs is 1. The molecule has 1 aromatic rings. The fourth-order valence-corrected chi connectivity index (χ4v) is 2.52. The van der Waals surface area contributed by atoms with Crippen molar-refractivity contribution >= 4 is 0 Å². The average Bonchev–Trinajstić information content (AvgIpc) is 2.48. The maximum atomic E-state index is 10.2. The highest BCUT2D eigenvalue weighted by Gasteiger charge is 2.24. The summed E-state index contributed by atoms with van der Waals surface area (Å²) in [5, 5.41) is 10.2. The highest BCUT2D eigenvalue weighted by atomic mass is 16.5. The van der Waals surface area contributed by atoms with Crippen molar-refractivity contribution < 1.29 is 14.6 Å². The van der Waals surface area contributed by atoms with Crippen molar-refractivity contribution in [3.05, 3.63) is 23.3 Å². The monoisotopic (exact) mass is 236 g/mol. The van der Waals surface area contributed by atoms with Crippen molar-refractivity contribution in [2.24, 2.45) is 5.92 Å². The Morgan fingerprint density at radius 1 is 1.24 bits per heavy atom. The quantitative estimate of drug-likeness (QED) is 0.802. The maximum Gasteiger partial charge on any atom is 0.126 e. The molecule has 0 amide bonds. The highest BCUT2D eigenvalue weighted by Crippen LogP contribution is 2.39. The standard InChI is InChI=1S/C14H20O3/c1-9-4-5-11-12(13(15)6-9)7-10(16-2)8-14(11)17-3/h7-9,13,15H,4-6H2,1-3H3. The minimum atomic E-state index is -0.411. The second-order valence-electron chi connectivity index (χ2n) is 4.79. The van der Waals surface area contributed by atoms with Crippen LogP contribution in [-0.4, -0.2) is 19.3 Å². The van der Waals surface area contributed by atoms with E-state index < -0.39 is 6.10 Å². The molecule has 0 bridgehead atoms. The molecule has 1 aliphatic carbocycles. The van der Waals surface area contributed by atoms with Crippen molar-refractivity contribution in [2.75, 3.05) is 14.2 Å². The lowest BCUT2D eigenvalue weighted by molar-refractivity contribution is 0.149. The molecule has 94 valence electrons. The first-order valence-corrected chi connectivity index (χ1v) is 6.08. The molecule has 17 heavy (non-hydrogen) atoms. The van der Waals surface area contributed by atoms with E-state index in [2.05, 4.69) is 6.92 Å². The summed E-state index contributed by atoms with van der Waals surface area (Å²) in [6, 6.07) is 3.82. The summed E-state index contributed by atoms with van der Waals surface area (Å²) < 4.78 is 10.7. The lowest BCUT2D eigenvalue weighted by Gasteiger charge is -2.16. The molecule has 2 atom stereocenters. The Hall–Kier alpha value is -1.22. The van der Waals surface area contributed by atoms with Gasteiger partial charge in [-0.25, -0.2) is 0 Å². The predicted molar refractivity (Wildman–Crippen MR) is 66.6 cm³/mol. The van der Waals surface area contributed by atoms with Crippen LogP contribution in [0.4, 0.5) is 0 Å². The Morgan fingerprint density at radius 3 is 2.65 bits per heavy atom. The second kappa shape index (κ2) is 4.96. The Labute approximate surface area is 102 Å². The van der Waals surface area contributed by atoms with Crippen LogP contribution in [0.1, 0.15) is 37.0 Å². The lowest BCUT2D eigenvalue weighted by Crippen LogP contribution is -2.03. The molecule has 0 aliphatic heterocycles. The van der Waals surface area contributed by atoms with Gasteiger partial charge in [0.25, 0.3) is 0 Å². The lowest BCUT2D eigenvalue weighted by atomic mass is 9.99. The van der Waals surface area contributed by atoms with Gasteiger partial charge in [-0.3, -0.25) is 0 Å². The predicted octanol–water partition coefficient (Wildman–Crippen LogP) is 2.71. The van der Waals surface area contributed by atoms with E-state index in [4.69, 9.17) is 9.47 Å². The molecule has 2 rings (SSSR count). The first kappa shape index (κ1) is 12.2. The third-order valence-corrected chi connectivity index (χ3v) is 3.54. The Balaban J connectivity index is 2.49. The number of methoxy groups -OCH3 is 2. The summed E-state index contributed by atoms with van der Waals surface area (Å²) in [4.78, 5) is 0. The van der Waals surface area contributed by atoms with E-state index in [9.17, 15) is 5.11 Å². The van der Waals surface area contributed by atoms with Gasteiger partial charge in [-0.1, -0.05) is 6.92 Å². The zero-order valence-electron chi connectivity index (χ0n) is 10.7. The molecule has 1 N–H and O–H groups in total. The molecule has 1 aliphatic rings. The topological polar surface area (TPSA) is 38.7 Å². The van der Waals surface area contributed by atoms with Crippen molar-refractivity contribution in [2.45, 2.75) is 32.3 Å². The third-order valence-electron chi connectivity index (χ3n) is 3.54. The summed E-state index contributed by atoms with van der Waals surface area (Å²) in [5.41, 5.74) is 2.09. The van der Waals surface area contributed by atoms with Crippen LogP contribution in [0.2, 0.25) is 0 Å². The Bertz CT molecular complexity index is 401. The van der Waals surface area contributed by atoms with Gasteiger partial charge in [0.15, 0.2) is 0 Å². The van der Waals surface area contributed by atoms with E-state index in [1.54, 1.807) is 14.2 Å². The van der Waals surface area contributed by atoms with E-state index in [-0.39, 0.29) is 0 Å². The highest BCUT2D eigenvalue weighted by molar-refractivity contribution is 5.48. The maximum absolute atomic E-state index is 10.2. The summed E-state index contributed by atoms with van der Waals surface area (Å²) in [7, 11) is 3.29. The molecule has 0 saturated carbocycles. The molecule has 3 heteroatoms. The zero-order chi connectivity index (χ0) is 12.4. The van der Waals surface area contributed by atoms with Crippen LogP contribution >= 0.6 is 0 Å². The normalized spacial score (nSPS) is 23.8. The smallest absolute Gasteiger partial charge is 0.126 e. The van der Waals surface area contributed by atoms with Crippen LogP contribution in [-0.2, 0) is 6.42 Å². The first-order chi connectivity index (χ1) is 8.15. The van der Waals surface area contributed by atoms with Crippen LogP contribution < -0.4 is 9.47 Å². The van der Waals surface area contributed by atoms with Crippen LogP contribution in [0.25, 0.3) is 0 Å². The van der Waals surface area contributed by atoms with E-state index in [0.717, 1.165) is 41.9 Å². The van der Waals surface area contributed by atoms with Crippen LogP contribution in [0, 0.1) is 5.92 Å². The van der Waals surface area contributed by atoms with Crippen molar-refractivity contribution in [1.29, 1.82) is 0 Å². The molecular formula is C14H20O3. The number of hydrogen-bond donors (Lipinski definition) is 1. The van der Waals surface area contributed by atoms with Crippen molar-refractivity contribution in [3.8, 4) is 11.5 Å². The fraction of sp³-hybridized carbons (Fsp3) is 0.571. The van der Waals surface area contributed by atoms with Gasteiger partial charge in [0.05, 0.1) is 20.3 Å². The van der Waals surface area contributed by atoms with Gasteiger partial charge in [-0.2, -0.15) is 0 Å². The number of rotatable bonds is 2. The number of aliphatic hydroxyl groups is 1. The Kier molecular flexibility index (Phi) is 3.57. The average molecular weight is 236 g/mol. The molecule has 0 aromatic heterocycles. The van der Waals surface area contributed by atoms with E-state index in [1.165, 1.54) is 0 Å². The summed E-state index contributed by atoms with van der Waals surface area (Å²) >= 11 is 0. The zero-order valence-corrected chi connectivity index (χ0v) is 10.7. The van der Waals surface area contributed by atoms with Gasteiger partial charge < -0.3 is 14.6 Å². The SMILES string of the molecule is COc1cc(OC)c2c(c1)C(O)CC(C)CC2. The van der Waals surface area contributed by atoms with Gasteiger partial charge in [-0.15, -0.1) is 0 Å². The molecule has 0 heterocycles. The number of benzene rings is 1. The first-order valence-electron chi connectivity index (χ1n) is 6.08. The van der Waals surface area contributed by atoms with Crippen LogP contribution in [0.5, 0.6) is 11.5 Å². The van der Waals surface area contributed by atoms with Gasteiger partial charge in [-0.05, 0) is 36.8 Å². The van der Waals surface area contributed by atoms with Crippen LogP contribution in [0.15, 0.2) is 12.1 Å². The van der Waals surface area contributed by atoms with E-state index >= 15 is 0 Å². The van der Waals surface area contributed by atoms with Crippen LogP contribution in [0.3, 0.4) is 0 Å². The molecule has 0 saturated heterocycles. The van der Waals surface area contributed by atoms with Crippen molar-refractivity contribution in [3.63, 3.8) is 0 Å². The third kappa shape index (κ3) is 2.39. The summed E-state index contributed by atoms with van der Waals surface area (Å²) in [5.74, 6) is 2.11. The minimum absolute atomic E-state index is 0.411. The molecule has 0 fully saturated rings. The van der Waals surface area contributed by atoms with Crippen molar-refractivity contribution in [1.82, 2.24) is 0 Å². The molecule has 0 radical (unpaired) electrons. The molecule has 1 aromatic carbocycles. The van der Waals surface area contributed by atoms with Gasteiger partial charge in [0.2, 0.25) is 0 Å². The molecular weight excluding hydrogens is 216 g/mol. The van der Waals surface area contributed by atoms with Gasteiger partial charge in [0, 0.05) is 11.6 Å². The van der Waals surface area contributed by atoms with E-state index in [1.807, 2.05) is 12.1 Å². The molecule has 0 spiro atoms. The summed E-state index contributed by atoms with van der Waals surface area (Å²) in [6.07, 6.45) is 2.45. The van der Waals surface area contributed by atoms with Gasteiger partial charge >= 0.3 is 0 Å².